The van der Waals surface area contributed by atoms with Gasteiger partial charge in [0.05, 0.1) is 11.9 Å². The third kappa shape index (κ3) is 3.01. The van der Waals surface area contributed by atoms with Crippen LogP contribution in [-0.4, -0.2) is 47.2 Å². The fourth-order valence-electron chi connectivity index (χ4n) is 2.39. The summed E-state index contributed by atoms with van der Waals surface area (Å²) in [5.74, 6) is 0.309. The lowest BCUT2D eigenvalue weighted by Crippen LogP contribution is -2.44. The summed E-state index contributed by atoms with van der Waals surface area (Å²) in [5.41, 5.74) is 0.819. The van der Waals surface area contributed by atoms with Crippen molar-refractivity contribution in [1.82, 2.24) is 14.5 Å². The minimum absolute atomic E-state index is 0.0832. The molecule has 8 heteroatoms. The molecular weight excluding hydrogens is 280 g/mol. The minimum atomic E-state index is -3.35. The largest absolute Gasteiger partial charge is 0.309 e. The van der Waals surface area contributed by atoms with Crippen LogP contribution in [0.1, 0.15) is 31.7 Å². The number of hydrogen-bond acceptors (Lipinski definition) is 4. The zero-order valence-corrected chi connectivity index (χ0v) is 12.5. The van der Waals surface area contributed by atoms with E-state index >= 15 is 0 Å². The molecule has 1 unspecified atom stereocenters. The van der Waals surface area contributed by atoms with Gasteiger partial charge in [0.15, 0.2) is 0 Å². The van der Waals surface area contributed by atoms with E-state index in [0.717, 1.165) is 5.56 Å². The molecule has 0 saturated carbocycles. The summed E-state index contributed by atoms with van der Waals surface area (Å²) in [4.78, 5) is 12.3. The second-order valence-corrected chi connectivity index (χ2v) is 7.04. The molecule has 1 atom stereocenters. The van der Waals surface area contributed by atoms with Crippen molar-refractivity contribution in [2.24, 2.45) is 0 Å². The van der Waals surface area contributed by atoms with Gasteiger partial charge in [-0.05, 0) is 26.2 Å². The number of hydrogen-bond donors (Lipinski definition) is 2. The monoisotopic (exact) mass is 300 g/mol. The Balaban J connectivity index is 2.11. The van der Waals surface area contributed by atoms with Crippen molar-refractivity contribution in [2.45, 2.75) is 39.2 Å². The lowest BCUT2D eigenvalue weighted by atomic mass is 10.2. The van der Waals surface area contributed by atoms with Crippen LogP contribution in [0.2, 0.25) is 0 Å². The lowest BCUT2D eigenvalue weighted by molar-refractivity contribution is -0.119. The predicted molar refractivity (Wildman–Crippen MR) is 75.8 cm³/mol. The van der Waals surface area contributed by atoms with Gasteiger partial charge in [-0.15, -0.1) is 0 Å². The zero-order valence-electron chi connectivity index (χ0n) is 11.7. The molecule has 0 spiro atoms. The predicted octanol–water partition coefficient (Wildman–Crippen LogP) is 0.861. The zero-order chi connectivity index (χ0) is 14.8. The van der Waals surface area contributed by atoms with Crippen molar-refractivity contribution in [2.75, 3.05) is 17.6 Å². The third-order valence-electron chi connectivity index (χ3n) is 3.40. The molecule has 112 valence electrons. The van der Waals surface area contributed by atoms with Crippen LogP contribution < -0.4 is 5.32 Å². The number of carbonyl (C=O) groups excluding carboxylic acids is 1. The van der Waals surface area contributed by atoms with Crippen molar-refractivity contribution in [1.29, 1.82) is 0 Å². The van der Waals surface area contributed by atoms with Crippen LogP contribution in [0.15, 0.2) is 6.20 Å². The first-order chi connectivity index (χ1) is 9.45. The molecule has 1 amide bonds. The fourth-order valence-corrected chi connectivity index (χ4v) is 4.14. The van der Waals surface area contributed by atoms with E-state index in [4.69, 9.17) is 0 Å². The van der Waals surface area contributed by atoms with Gasteiger partial charge in [-0.2, -0.15) is 9.40 Å². The van der Waals surface area contributed by atoms with Crippen LogP contribution in [0.5, 0.6) is 0 Å². The van der Waals surface area contributed by atoms with E-state index in [1.165, 1.54) is 4.31 Å². The molecule has 0 radical (unpaired) electrons. The maximum absolute atomic E-state index is 12.3. The van der Waals surface area contributed by atoms with E-state index in [1.54, 1.807) is 6.20 Å². The first-order valence-corrected chi connectivity index (χ1v) is 8.37. The van der Waals surface area contributed by atoms with Gasteiger partial charge in [0.2, 0.25) is 15.9 Å². The van der Waals surface area contributed by atoms with Gasteiger partial charge in [-0.3, -0.25) is 9.89 Å². The Morgan fingerprint density at radius 2 is 2.35 bits per heavy atom. The molecule has 20 heavy (non-hydrogen) atoms. The summed E-state index contributed by atoms with van der Waals surface area (Å²) in [6.07, 6.45) is 3.42. The van der Waals surface area contributed by atoms with E-state index in [0.29, 0.717) is 31.6 Å². The second-order valence-electron chi connectivity index (χ2n) is 5.00. The highest BCUT2D eigenvalue weighted by Crippen LogP contribution is 2.23. The number of aromatic nitrogens is 2. The summed E-state index contributed by atoms with van der Waals surface area (Å²) in [6, 6.07) is -0.616. The van der Waals surface area contributed by atoms with Crippen LogP contribution in [-0.2, 0) is 14.8 Å². The second kappa shape index (κ2) is 5.92. The van der Waals surface area contributed by atoms with Crippen molar-refractivity contribution in [3.05, 3.63) is 11.8 Å². The van der Waals surface area contributed by atoms with Crippen LogP contribution >= 0.6 is 0 Å². The minimum Gasteiger partial charge on any atom is -0.309 e. The molecule has 1 saturated heterocycles. The average molecular weight is 300 g/mol. The Kier molecular flexibility index (Phi) is 4.44. The number of aromatic amines is 1. The van der Waals surface area contributed by atoms with E-state index < -0.39 is 16.1 Å². The van der Waals surface area contributed by atoms with E-state index in [2.05, 4.69) is 15.5 Å². The summed E-state index contributed by atoms with van der Waals surface area (Å²) in [7, 11) is -3.35. The molecule has 1 aromatic rings. The van der Waals surface area contributed by atoms with Crippen molar-refractivity contribution < 1.29 is 13.2 Å². The molecule has 1 aromatic heterocycles. The molecule has 1 aliphatic heterocycles. The van der Waals surface area contributed by atoms with Gasteiger partial charge in [0.1, 0.15) is 11.9 Å². The van der Waals surface area contributed by atoms with Gasteiger partial charge in [-0.1, -0.05) is 6.92 Å². The first kappa shape index (κ1) is 15.0. The molecule has 7 nitrogen and oxygen atoms in total. The molecule has 0 bridgehead atoms. The average Bonchev–Trinajstić information content (AvgIpc) is 2.99. The Hall–Kier alpha value is -1.41. The van der Waals surface area contributed by atoms with Crippen LogP contribution in [0.4, 0.5) is 5.82 Å². The van der Waals surface area contributed by atoms with Crippen molar-refractivity contribution in [3.8, 4) is 0 Å². The normalized spacial score (nSPS) is 20.2. The number of rotatable bonds is 5. The van der Waals surface area contributed by atoms with Gasteiger partial charge in [-0.25, -0.2) is 8.42 Å². The Morgan fingerprint density at radius 1 is 1.60 bits per heavy atom. The molecule has 1 aliphatic rings. The van der Waals surface area contributed by atoms with Gasteiger partial charge >= 0.3 is 0 Å². The third-order valence-corrected chi connectivity index (χ3v) is 5.48. The molecule has 1 fully saturated rings. The molecule has 0 aromatic carbocycles. The number of nitrogens with zero attached hydrogens (tertiary/aromatic N) is 2. The van der Waals surface area contributed by atoms with Gasteiger partial charge in [0.25, 0.3) is 0 Å². The fraction of sp³-hybridized carbons (Fsp3) is 0.667. The molecule has 0 aliphatic carbocycles. The quantitative estimate of drug-likeness (QED) is 0.843. The summed E-state index contributed by atoms with van der Waals surface area (Å²) < 4.78 is 25.6. The first-order valence-electron chi connectivity index (χ1n) is 6.76. The molecule has 2 rings (SSSR count). The highest BCUT2D eigenvalue weighted by molar-refractivity contribution is 7.89. The number of anilines is 1. The van der Waals surface area contributed by atoms with Crippen LogP contribution in [0, 0.1) is 6.92 Å². The van der Waals surface area contributed by atoms with Gasteiger partial charge in [0, 0.05) is 12.1 Å². The van der Waals surface area contributed by atoms with E-state index in [-0.39, 0.29) is 11.7 Å². The standard InChI is InChI=1S/C12H20N4O3S/c1-3-7-20(18,19)16-6-4-5-10(16)12(17)14-11-9(2)8-13-15-11/h8,10H,3-7H2,1-2H3,(H2,13,14,15,17). The Morgan fingerprint density at radius 3 is 2.95 bits per heavy atom. The molecular formula is C12H20N4O3S. The molecule has 2 heterocycles. The number of sulfonamides is 1. The van der Waals surface area contributed by atoms with Crippen molar-refractivity contribution in [3.63, 3.8) is 0 Å². The van der Waals surface area contributed by atoms with Crippen molar-refractivity contribution >= 4 is 21.7 Å². The number of nitrogens with one attached hydrogen (secondary N) is 2. The molecule has 2 N–H and O–H groups in total. The SMILES string of the molecule is CCCS(=O)(=O)N1CCCC1C(=O)Nc1[nH]ncc1C. The highest BCUT2D eigenvalue weighted by Gasteiger charge is 2.38. The van der Waals surface area contributed by atoms with Gasteiger partial charge < -0.3 is 5.32 Å². The highest BCUT2D eigenvalue weighted by atomic mass is 32.2. The Labute approximate surface area is 118 Å². The number of H-pyrrole nitrogens is 1. The van der Waals surface area contributed by atoms with E-state index in [9.17, 15) is 13.2 Å². The number of aryl methyl sites for hydroxylation is 1. The summed E-state index contributed by atoms with van der Waals surface area (Å²) in [6.45, 7) is 4.05. The lowest BCUT2D eigenvalue weighted by Gasteiger charge is -2.22. The van der Waals surface area contributed by atoms with Crippen LogP contribution in [0.3, 0.4) is 0 Å². The number of amides is 1. The van der Waals surface area contributed by atoms with Crippen LogP contribution in [0.25, 0.3) is 0 Å². The smallest absolute Gasteiger partial charge is 0.243 e. The summed E-state index contributed by atoms with van der Waals surface area (Å²) in [5, 5.41) is 9.23. The topological polar surface area (TPSA) is 95.2 Å². The maximum atomic E-state index is 12.3. The maximum Gasteiger partial charge on any atom is 0.243 e. The van der Waals surface area contributed by atoms with E-state index in [1.807, 2.05) is 13.8 Å². The Bertz CT molecular complexity index is 581. The summed E-state index contributed by atoms with van der Waals surface area (Å²) >= 11 is 0. The number of carbonyl (C=O) groups is 1.